The van der Waals surface area contributed by atoms with E-state index in [0.717, 1.165) is 35.3 Å². The van der Waals surface area contributed by atoms with Gasteiger partial charge in [-0.15, -0.1) is 6.58 Å². The number of H-pyrrole nitrogens is 1. The average Bonchev–Trinajstić information content (AvgIpc) is 3.20. The minimum Gasteiger partial charge on any atom is -0.365 e. The van der Waals surface area contributed by atoms with Gasteiger partial charge in [-0.2, -0.15) is 5.10 Å². The first kappa shape index (κ1) is 18.1. The van der Waals surface area contributed by atoms with Gasteiger partial charge in [0.05, 0.1) is 22.6 Å². The number of hydrogen-bond donors (Lipinski definition) is 2. The molecule has 1 aromatic carbocycles. The van der Waals surface area contributed by atoms with E-state index >= 15 is 0 Å². The van der Waals surface area contributed by atoms with Crippen molar-refractivity contribution in [2.75, 3.05) is 14.1 Å². The quantitative estimate of drug-likeness (QED) is 0.712. The molecule has 0 radical (unpaired) electrons. The number of nitrogens with zero attached hydrogens (tertiary/aromatic N) is 2. The minimum atomic E-state index is -0.284. The van der Waals surface area contributed by atoms with Gasteiger partial charge in [0.2, 0.25) is 0 Å². The number of benzene rings is 1. The fourth-order valence-corrected chi connectivity index (χ4v) is 3.40. The van der Waals surface area contributed by atoms with E-state index in [0.29, 0.717) is 0 Å². The van der Waals surface area contributed by atoms with Crippen molar-refractivity contribution in [3.8, 4) is 0 Å². The van der Waals surface area contributed by atoms with Crippen LogP contribution < -0.4 is 5.32 Å². The maximum atomic E-state index is 4.58. The lowest BCUT2D eigenvalue weighted by atomic mass is 9.87. The molecule has 2 N–H and O–H groups in total. The summed E-state index contributed by atoms with van der Waals surface area (Å²) in [6.07, 6.45) is 8.14. The maximum absolute atomic E-state index is 4.58. The Balaban J connectivity index is 1.98. The molecule has 0 saturated carbocycles. The van der Waals surface area contributed by atoms with E-state index < -0.39 is 0 Å². The van der Waals surface area contributed by atoms with Gasteiger partial charge in [-0.3, -0.25) is 5.10 Å². The summed E-state index contributed by atoms with van der Waals surface area (Å²) in [6, 6.07) is 6.52. The molecule has 0 amide bonds. The van der Waals surface area contributed by atoms with Crippen LogP contribution in [-0.4, -0.2) is 29.2 Å². The van der Waals surface area contributed by atoms with Crippen LogP contribution in [0.2, 0.25) is 0 Å². The Kier molecular flexibility index (Phi) is 4.77. The highest BCUT2D eigenvalue weighted by Crippen LogP contribution is 2.33. The number of fused-ring (bicyclic) bond motifs is 1. The molecule has 4 heteroatoms. The third-order valence-corrected chi connectivity index (χ3v) is 5.06. The zero-order valence-electron chi connectivity index (χ0n) is 16.2. The molecule has 1 heterocycles. The van der Waals surface area contributed by atoms with E-state index in [4.69, 9.17) is 0 Å². The molecular weight excluding hydrogens is 320 g/mol. The number of hydrogen-bond acceptors (Lipinski definition) is 3. The number of aromatic nitrogens is 2. The summed E-state index contributed by atoms with van der Waals surface area (Å²) >= 11 is 0. The standard InChI is InChI=1S/C22H28N4/c1-7-12-22(4,23-16(3)26(5)6)18-10-11-19-20(14-18)24-25-21(19)17-9-8-15(2)13-17/h7-8,10-11,13-14,23H,1,3,9,12H2,2,4-6H3,(H,24,25)/t22-/m0/s1. The van der Waals surface area contributed by atoms with Crippen molar-refractivity contribution in [2.45, 2.75) is 32.2 Å². The molecule has 1 aromatic heterocycles. The molecule has 0 bridgehead atoms. The number of allylic oxidation sites excluding steroid dienone is 4. The minimum absolute atomic E-state index is 0.284. The Bertz CT molecular complexity index is 913. The van der Waals surface area contributed by atoms with E-state index in [-0.39, 0.29) is 5.54 Å². The Morgan fingerprint density at radius 1 is 1.42 bits per heavy atom. The molecule has 1 aliphatic rings. The van der Waals surface area contributed by atoms with Gasteiger partial charge in [0.1, 0.15) is 0 Å². The highest BCUT2D eigenvalue weighted by molar-refractivity contribution is 5.92. The number of nitrogens with one attached hydrogen (secondary N) is 2. The van der Waals surface area contributed by atoms with E-state index in [2.05, 4.69) is 72.9 Å². The lowest BCUT2D eigenvalue weighted by molar-refractivity contribution is 0.343. The van der Waals surface area contributed by atoms with Gasteiger partial charge in [0, 0.05) is 19.5 Å². The summed E-state index contributed by atoms with van der Waals surface area (Å²) < 4.78 is 0. The van der Waals surface area contributed by atoms with Crippen molar-refractivity contribution in [3.05, 3.63) is 72.2 Å². The molecule has 1 atom stereocenters. The zero-order chi connectivity index (χ0) is 18.9. The molecule has 0 saturated heterocycles. The Morgan fingerprint density at radius 2 is 2.19 bits per heavy atom. The first-order valence-corrected chi connectivity index (χ1v) is 8.95. The highest BCUT2D eigenvalue weighted by Gasteiger charge is 2.27. The van der Waals surface area contributed by atoms with Gasteiger partial charge in [-0.25, -0.2) is 0 Å². The molecule has 136 valence electrons. The summed E-state index contributed by atoms with van der Waals surface area (Å²) in [6.45, 7) is 12.4. The van der Waals surface area contributed by atoms with Gasteiger partial charge < -0.3 is 10.2 Å². The van der Waals surface area contributed by atoms with Crippen molar-refractivity contribution in [1.29, 1.82) is 0 Å². The fourth-order valence-electron chi connectivity index (χ4n) is 3.40. The maximum Gasteiger partial charge on any atom is 0.0962 e. The summed E-state index contributed by atoms with van der Waals surface area (Å²) in [7, 11) is 3.97. The summed E-state index contributed by atoms with van der Waals surface area (Å²) in [5.41, 5.74) is 5.57. The third-order valence-electron chi connectivity index (χ3n) is 5.06. The van der Waals surface area contributed by atoms with Crippen molar-refractivity contribution < 1.29 is 0 Å². The Hall–Kier alpha value is -2.75. The molecule has 4 nitrogen and oxygen atoms in total. The van der Waals surface area contributed by atoms with E-state index in [1.165, 1.54) is 16.7 Å². The molecule has 0 fully saturated rings. The van der Waals surface area contributed by atoms with Crippen LogP contribution in [-0.2, 0) is 5.54 Å². The summed E-state index contributed by atoms with van der Waals surface area (Å²) in [5.74, 6) is 0.873. The molecule has 1 aliphatic carbocycles. The fraction of sp³-hybridized carbons (Fsp3) is 0.318. The van der Waals surface area contributed by atoms with Crippen molar-refractivity contribution >= 4 is 16.5 Å². The van der Waals surface area contributed by atoms with Crippen LogP contribution in [0.4, 0.5) is 0 Å². The zero-order valence-corrected chi connectivity index (χ0v) is 16.2. The summed E-state index contributed by atoms with van der Waals surface area (Å²) in [5, 5.41) is 12.5. The van der Waals surface area contributed by atoms with Crippen molar-refractivity contribution in [1.82, 2.24) is 20.4 Å². The largest absolute Gasteiger partial charge is 0.365 e. The second-order valence-electron chi connectivity index (χ2n) is 7.45. The van der Waals surface area contributed by atoms with Crippen molar-refractivity contribution in [2.24, 2.45) is 0 Å². The molecular formula is C22H28N4. The Labute approximate surface area is 156 Å². The Morgan fingerprint density at radius 3 is 2.81 bits per heavy atom. The monoisotopic (exact) mass is 348 g/mol. The van der Waals surface area contributed by atoms with Crippen LogP contribution in [0, 0.1) is 0 Å². The lowest BCUT2D eigenvalue weighted by Gasteiger charge is -2.34. The van der Waals surface area contributed by atoms with Gasteiger partial charge >= 0.3 is 0 Å². The van der Waals surface area contributed by atoms with Crippen LogP contribution in [0.25, 0.3) is 16.5 Å². The van der Waals surface area contributed by atoms with Crippen LogP contribution in [0.1, 0.15) is 37.9 Å². The second kappa shape index (κ2) is 6.87. The van der Waals surface area contributed by atoms with Crippen LogP contribution in [0.3, 0.4) is 0 Å². The smallest absolute Gasteiger partial charge is 0.0962 e. The molecule has 0 spiro atoms. The van der Waals surface area contributed by atoms with Gasteiger partial charge in [-0.05, 0) is 43.9 Å². The second-order valence-corrected chi connectivity index (χ2v) is 7.45. The lowest BCUT2D eigenvalue weighted by Crippen LogP contribution is -2.41. The molecule has 0 unspecified atom stereocenters. The van der Waals surface area contributed by atoms with E-state index in [1.54, 1.807) is 0 Å². The van der Waals surface area contributed by atoms with Crippen LogP contribution in [0.15, 0.2) is 61.0 Å². The molecule has 0 aliphatic heterocycles. The van der Waals surface area contributed by atoms with Gasteiger partial charge in [-0.1, -0.05) is 42.5 Å². The molecule has 2 aromatic rings. The van der Waals surface area contributed by atoms with E-state index in [1.807, 2.05) is 25.1 Å². The summed E-state index contributed by atoms with van der Waals surface area (Å²) in [4.78, 5) is 1.98. The number of aromatic amines is 1. The third kappa shape index (κ3) is 3.32. The first-order chi connectivity index (χ1) is 12.3. The predicted molar refractivity (Wildman–Crippen MR) is 111 cm³/mol. The van der Waals surface area contributed by atoms with Crippen LogP contribution >= 0.6 is 0 Å². The first-order valence-electron chi connectivity index (χ1n) is 8.95. The molecule has 26 heavy (non-hydrogen) atoms. The molecule has 3 rings (SSSR count). The highest BCUT2D eigenvalue weighted by atomic mass is 15.2. The van der Waals surface area contributed by atoms with E-state index in [9.17, 15) is 0 Å². The average molecular weight is 348 g/mol. The SMILES string of the molecule is C=CC[C@](C)(NC(=C)N(C)C)c1ccc2c(C3=CC(C)=CC3)n[nH]c2c1. The van der Waals surface area contributed by atoms with Gasteiger partial charge in [0.25, 0.3) is 0 Å². The predicted octanol–water partition coefficient (Wildman–Crippen LogP) is 4.71. The van der Waals surface area contributed by atoms with Gasteiger partial charge in [0.15, 0.2) is 0 Å². The van der Waals surface area contributed by atoms with Crippen LogP contribution in [0.5, 0.6) is 0 Å². The van der Waals surface area contributed by atoms with Crippen molar-refractivity contribution in [3.63, 3.8) is 0 Å². The number of rotatable bonds is 7. The topological polar surface area (TPSA) is 44.0 Å². The normalized spacial score (nSPS) is 16.0.